The molecule has 0 aliphatic carbocycles. The molecule has 1 aliphatic rings. The quantitative estimate of drug-likeness (QED) is 0.748. The number of fused-ring (bicyclic) bond motifs is 1. The van der Waals surface area contributed by atoms with Crippen molar-refractivity contribution in [2.75, 3.05) is 13.2 Å². The molecule has 7 heteroatoms. The van der Waals surface area contributed by atoms with Crippen LogP contribution in [0.2, 0.25) is 5.02 Å². The van der Waals surface area contributed by atoms with Crippen LogP contribution in [0.15, 0.2) is 48.8 Å². The zero-order chi connectivity index (χ0) is 18.8. The predicted octanol–water partition coefficient (Wildman–Crippen LogP) is 3.54. The molecule has 0 radical (unpaired) electrons. The van der Waals surface area contributed by atoms with E-state index in [-0.39, 0.29) is 5.91 Å². The molecule has 0 spiro atoms. The molecule has 3 aromatic rings. The van der Waals surface area contributed by atoms with E-state index >= 15 is 0 Å². The third-order valence-corrected chi connectivity index (χ3v) is 4.50. The number of nitrogens with one attached hydrogen (secondary N) is 1. The third-order valence-electron chi connectivity index (χ3n) is 4.22. The van der Waals surface area contributed by atoms with E-state index in [1.54, 1.807) is 29.1 Å². The van der Waals surface area contributed by atoms with Gasteiger partial charge in [-0.05, 0) is 54.4 Å². The summed E-state index contributed by atoms with van der Waals surface area (Å²) in [5, 5.41) is 7.64. The lowest BCUT2D eigenvalue weighted by Gasteiger charge is -2.20. The van der Waals surface area contributed by atoms with Crippen LogP contribution in [0.4, 0.5) is 0 Å². The van der Waals surface area contributed by atoms with Crippen LogP contribution in [0.1, 0.15) is 21.5 Å². The lowest BCUT2D eigenvalue weighted by atomic mass is 10.1. The van der Waals surface area contributed by atoms with E-state index in [0.717, 1.165) is 16.8 Å². The largest absolute Gasteiger partial charge is 0.486 e. The number of nitrogens with zero attached hydrogens (tertiary/aromatic N) is 2. The monoisotopic (exact) mass is 383 g/mol. The number of aromatic nitrogens is 2. The highest BCUT2D eigenvalue weighted by Crippen LogP contribution is 2.38. The van der Waals surface area contributed by atoms with E-state index in [2.05, 4.69) is 10.4 Å². The number of amides is 1. The van der Waals surface area contributed by atoms with Gasteiger partial charge in [-0.3, -0.25) is 4.79 Å². The molecule has 138 valence electrons. The second kappa shape index (κ2) is 7.32. The van der Waals surface area contributed by atoms with Crippen LogP contribution >= 0.6 is 11.6 Å². The number of benzene rings is 2. The van der Waals surface area contributed by atoms with Crippen molar-refractivity contribution in [2.45, 2.75) is 13.5 Å². The minimum atomic E-state index is -0.163. The smallest absolute Gasteiger partial charge is 0.251 e. The molecule has 0 unspecified atom stereocenters. The summed E-state index contributed by atoms with van der Waals surface area (Å²) in [6, 6.07) is 10.9. The van der Waals surface area contributed by atoms with Crippen molar-refractivity contribution in [3.63, 3.8) is 0 Å². The van der Waals surface area contributed by atoms with Crippen molar-refractivity contribution in [1.29, 1.82) is 0 Å². The van der Waals surface area contributed by atoms with Crippen LogP contribution in [0.5, 0.6) is 11.5 Å². The Morgan fingerprint density at radius 2 is 2.00 bits per heavy atom. The fourth-order valence-electron chi connectivity index (χ4n) is 2.87. The first-order valence-electron chi connectivity index (χ1n) is 8.58. The molecule has 2 heterocycles. The standard InChI is InChI=1S/C20H18ClN3O3/c1-13-10-23-24(12-13)16-4-2-15(3-5-16)20(25)22-11-14-8-17(21)19-18(9-14)26-6-7-27-19/h2-5,8-10,12H,6-7,11H2,1H3,(H,22,25). The fraction of sp³-hybridized carbons (Fsp3) is 0.200. The highest BCUT2D eigenvalue weighted by molar-refractivity contribution is 6.32. The Bertz CT molecular complexity index is 983. The van der Waals surface area contributed by atoms with Crippen molar-refractivity contribution < 1.29 is 14.3 Å². The molecule has 1 aliphatic heterocycles. The normalized spacial score (nSPS) is 12.7. The summed E-state index contributed by atoms with van der Waals surface area (Å²) >= 11 is 6.23. The van der Waals surface area contributed by atoms with Gasteiger partial charge in [0.1, 0.15) is 13.2 Å². The summed E-state index contributed by atoms with van der Waals surface area (Å²) < 4.78 is 12.8. The Balaban J connectivity index is 1.43. The van der Waals surface area contributed by atoms with Gasteiger partial charge in [-0.25, -0.2) is 4.68 Å². The fourth-order valence-corrected chi connectivity index (χ4v) is 3.16. The van der Waals surface area contributed by atoms with Gasteiger partial charge in [-0.15, -0.1) is 0 Å². The van der Waals surface area contributed by atoms with Crippen molar-refractivity contribution in [3.8, 4) is 17.2 Å². The maximum atomic E-state index is 12.4. The first-order chi connectivity index (χ1) is 13.1. The topological polar surface area (TPSA) is 65.4 Å². The summed E-state index contributed by atoms with van der Waals surface area (Å²) in [6.07, 6.45) is 3.72. The Hall–Kier alpha value is -2.99. The van der Waals surface area contributed by atoms with Gasteiger partial charge in [0, 0.05) is 18.3 Å². The van der Waals surface area contributed by atoms with Gasteiger partial charge in [0.25, 0.3) is 5.91 Å². The highest BCUT2D eigenvalue weighted by atomic mass is 35.5. The van der Waals surface area contributed by atoms with Crippen molar-refractivity contribution in [3.05, 3.63) is 70.5 Å². The molecule has 1 aromatic heterocycles. The molecule has 4 rings (SSSR count). The molecule has 0 saturated carbocycles. The number of ether oxygens (including phenoxy) is 2. The molecule has 0 saturated heterocycles. The van der Waals surface area contributed by atoms with Crippen LogP contribution in [-0.2, 0) is 6.54 Å². The van der Waals surface area contributed by atoms with Gasteiger partial charge in [0.05, 0.1) is 16.9 Å². The first kappa shape index (κ1) is 17.4. The molecule has 2 aromatic carbocycles. The minimum absolute atomic E-state index is 0.163. The van der Waals surface area contributed by atoms with Crippen LogP contribution in [0.3, 0.4) is 0 Å². The number of rotatable bonds is 4. The summed E-state index contributed by atoms with van der Waals surface area (Å²) in [5.41, 5.74) is 3.40. The van der Waals surface area contributed by atoms with Crippen LogP contribution < -0.4 is 14.8 Å². The van der Waals surface area contributed by atoms with E-state index in [4.69, 9.17) is 21.1 Å². The van der Waals surface area contributed by atoms with E-state index < -0.39 is 0 Å². The number of carbonyl (C=O) groups excluding carboxylic acids is 1. The zero-order valence-corrected chi connectivity index (χ0v) is 15.5. The Morgan fingerprint density at radius 3 is 2.74 bits per heavy atom. The maximum absolute atomic E-state index is 12.4. The molecular formula is C20H18ClN3O3. The minimum Gasteiger partial charge on any atom is -0.486 e. The lowest BCUT2D eigenvalue weighted by molar-refractivity contribution is 0.0951. The van der Waals surface area contributed by atoms with Gasteiger partial charge < -0.3 is 14.8 Å². The number of carbonyl (C=O) groups is 1. The highest BCUT2D eigenvalue weighted by Gasteiger charge is 2.17. The van der Waals surface area contributed by atoms with Crippen LogP contribution in [0, 0.1) is 6.92 Å². The number of halogens is 1. The zero-order valence-electron chi connectivity index (χ0n) is 14.7. The maximum Gasteiger partial charge on any atom is 0.251 e. The van der Waals surface area contributed by atoms with Crippen molar-refractivity contribution in [2.24, 2.45) is 0 Å². The second-order valence-electron chi connectivity index (χ2n) is 6.29. The Kier molecular flexibility index (Phi) is 4.73. The average Bonchev–Trinajstić information content (AvgIpc) is 3.13. The van der Waals surface area contributed by atoms with E-state index in [1.807, 2.05) is 31.3 Å². The summed E-state index contributed by atoms with van der Waals surface area (Å²) in [4.78, 5) is 12.4. The van der Waals surface area contributed by atoms with Gasteiger partial charge >= 0.3 is 0 Å². The van der Waals surface area contributed by atoms with Crippen molar-refractivity contribution in [1.82, 2.24) is 15.1 Å². The first-order valence-corrected chi connectivity index (χ1v) is 8.96. The number of hydrogen-bond donors (Lipinski definition) is 1. The molecule has 0 fully saturated rings. The number of aryl methyl sites for hydroxylation is 1. The summed E-state index contributed by atoms with van der Waals surface area (Å²) in [6.45, 7) is 3.29. The Morgan fingerprint density at radius 1 is 1.22 bits per heavy atom. The molecular weight excluding hydrogens is 366 g/mol. The average molecular weight is 384 g/mol. The molecule has 0 bridgehead atoms. The van der Waals surface area contributed by atoms with Crippen LogP contribution in [-0.4, -0.2) is 28.9 Å². The Labute approximate surface area is 161 Å². The SMILES string of the molecule is Cc1cnn(-c2ccc(C(=O)NCc3cc(Cl)c4c(c3)OCCO4)cc2)c1. The van der Waals surface area contributed by atoms with Crippen LogP contribution in [0.25, 0.3) is 5.69 Å². The molecule has 27 heavy (non-hydrogen) atoms. The summed E-state index contributed by atoms with van der Waals surface area (Å²) in [7, 11) is 0. The second-order valence-corrected chi connectivity index (χ2v) is 6.70. The van der Waals surface area contributed by atoms with E-state index in [9.17, 15) is 4.79 Å². The predicted molar refractivity (Wildman–Crippen MR) is 102 cm³/mol. The van der Waals surface area contributed by atoms with Gasteiger partial charge in [-0.2, -0.15) is 5.10 Å². The number of hydrogen-bond acceptors (Lipinski definition) is 4. The van der Waals surface area contributed by atoms with Gasteiger partial charge in [-0.1, -0.05) is 11.6 Å². The third kappa shape index (κ3) is 3.75. The molecule has 1 N–H and O–H groups in total. The summed E-state index contributed by atoms with van der Waals surface area (Å²) in [5.74, 6) is 1.00. The molecule has 0 atom stereocenters. The van der Waals surface area contributed by atoms with Gasteiger partial charge in [0.15, 0.2) is 11.5 Å². The molecule has 1 amide bonds. The van der Waals surface area contributed by atoms with Crippen molar-refractivity contribution >= 4 is 17.5 Å². The van der Waals surface area contributed by atoms with Gasteiger partial charge in [0.2, 0.25) is 0 Å². The van der Waals surface area contributed by atoms with E-state index in [0.29, 0.717) is 41.8 Å². The molecule has 6 nitrogen and oxygen atoms in total. The van der Waals surface area contributed by atoms with E-state index in [1.165, 1.54) is 0 Å². The lowest BCUT2D eigenvalue weighted by Crippen LogP contribution is -2.23.